The predicted molar refractivity (Wildman–Crippen MR) is 88.7 cm³/mol. The highest BCUT2D eigenvalue weighted by Crippen LogP contribution is 2.29. The second kappa shape index (κ2) is 9.84. The van der Waals surface area contributed by atoms with Crippen LogP contribution in [-0.4, -0.2) is 88.6 Å². The molecule has 162 valence electrons. The van der Waals surface area contributed by atoms with Gasteiger partial charge in [0.15, 0.2) is 12.4 Å². The van der Waals surface area contributed by atoms with Crippen molar-refractivity contribution in [1.29, 1.82) is 0 Å². The van der Waals surface area contributed by atoms with Gasteiger partial charge in [-0.1, -0.05) is 6.92 Å². The first-order valence-electron chi connectivity index (χ1n) is 8.28. The number of carboxylic acids is 1. The highest BCUT2D eigenvalue weighted by Gasteiger charge is 2.48. The van der Waals surface area contributed by atoms with Gasteiger partial charge in [0, 0.05) is 5.41 Å². The Morgan fingerprint density at radius 2 is 1.54 bits per heavy atom. The van der Waals surface area contributed by atoms with Crippen LogP contribution < -0.4 is 11.5 Å². The molecule has 1 fully saturated rings. The average Bonchev–Trinajstić information content (AvgIpc) is 2.58. The molecule has 0 saturated carbocycles. The first kappa shape index (κ1) is 23.8. The van der Waals surface area contributed by atoms with Gasteiger partial charge < -0.3 is 50.8 Å². The molecule has 13 nitrogen and oxygen atoms in total. The molecule has 0 unspecified atom stereocenters. The van der Waals surface area contributed by atoms with Crippen LogP contribution in [0.25, 0.3) is 0 Å². The van der Waals surface area contributed by atoms with Crippen LogP contribution in [0.5, 0.6) is 0 Å². The summed E-state index contributed by atoms with van der Waals surface area (Å²) in [4.78, 5) is 32.9. The number of carbonyl (C=O) groups excluding carboxylic acids is 2. The highest BCUT2D eigenvalue weighted by molar-refractivity contribution is 5.73. The molecule has 28 heavy (non-hydrogen) atoms. The van der Waals surface area contributed by atoms with Crippen LogP contribution >= 0.6 is 0 Å². The normalized spacial score (nSPS) is 29.0. The number of ether oxygens (including phenoxy) is 4. The van der Waals surface area contributed by atoms with Crippen LogP contribution in [0.3, 0.4) is 0 Å². The quantitative estimate of drug-likeness (QED) is 0.241. The third-order valence-corrected chi connectivity index (χ3v) is 4.09. The monoisotopic (exact) mass is 410 g/mol. The zero-order valence-corrected chi connectivity index (χ0v) is 15.4. The number of rotatable bonds is 9. The minimum Gasteiger partial charge on any atom is -0.479 e. The molecule has 0 aromatic rings. The number of carboxylic acid groups (broad SMARTS) is 1. The average molecular weight is 410 g/mol. The van der Waals surface area contributed by atoms with E-state index in [1.165, 1.54) is 6.92 Å². The van der Waals surface area contributed by atoms with Crippen LogP contribution in [0, 0.1) is 5.41 Å². The van der Waals surface area contributed by atoms with Crippen LogP contribution in [-0.2, 0) is 23.7 Å². The van der Waals surface area contributed by atoms with Crippen molar-refractivity contribution in [3.05, 3.63) is 0 Å². The van der Waals surface area contributed by atoms with Gasteiger partial charge in [-0.2, -0.15) is 0 Å². The topological polar surface area (TPSA) is 221 Å². The molecule has 2 amide bonds. The maximum absolute atomic E-state index is 11.1. The Bertz CT molecular complexity index is 554. The standard InChI is InChI=1S/C15H26N2O11/c1-6(3-15(2,4-25-13(16)23)5-26-14(17)24)27-12-9(20)7(18)8(19)10(28-12)11(21)22/h6-10,12,18-20H,3-5H2,1-2H3,(H2,16,23)(H2,17,24)(H,21,22)/t6-,7+,8+,9-,10+,12-/m1/s1. The molecule has 13 heteroatoms. The molecule has 6 atom stereocenters. The number of carbonyl (C=O) groups is 3. The Morgan fingerprint density at radius 3 is 1.96 bits per heavy atom. The Kier molecular flexibility index (Phi) is 8.38. The van der Waals surface area contributed by atoms with Gasteiger partial charge in [0.05, 0.1) is 6.10 Å². The molecule has 1 aliphatic heterocycles. The van der Waals surface area contributed by atoms with E-state index in [4.69, 9.17) is 35.5 Å². The van der Waals surface area contributed by atoms with Gasteiger partial charge in [-0.3, -0.25) is 0 Å². The molecule has 1 aliphatic rings. The summed E-state index contributed by atoms with van der Waals surface area (Å²) in [6.45, 7) is 2.60. The van der Waals surface area contributed by atoms with Crippen molar-refractivity contribution in [3.8, 4) is 0 Å². The minimum absolute atomic E-state index is 0.0660. The van der Waals surface area contributed by atoms with Gasteiger partial charge >= 0.3 is 18.2 Å². The molecule has 0 aromatic carbocycles. The third-order valence-electron chi connectivity index (χ3n) is 4.09. The van der Waals surface area contributed by atoms with Crippen LogP contribution in [0.2, 0.25) is 0 Å². The van der Waals surface area contributed by atoms with Crippen molar-refractivity contribution >= 4 is 18.2 Å². The van der Waals surface area contributed by atoms with E-state index in [2.05, 4.69) is 0 Å². The lowest BCUT2D eigenvalue weighted by Crippen LogP contribution is -2.60. The van der Waals surface area contributed by atoms with Crippen molar-refractivity contribution in [3.63, 3.8) is 0 Å². The fraction of sp³-hybridized carbons (Fsp3) is 0.800. The fourth-order valence-electron chi connectivity index (χ4n) is 2.79. The SMILES string of the molecule is C[C@H](CC(C)(COC(N)=O)COC(N)=O)O[C@@H]1O[C@H](C(=O)O)[C@@H](O)[C@H](O)[C@H]1O. The van der Waals surface area contributed by atoms with Crippen molar-refractivity contribution in [2.45, 2.75) is 57.1 Å². The Labute approximate surface area is 160 Å². The van der Waals surface area contributed by atoms with Crippen molar-refractivity contribution in [2.75, 3.05) is 13.2 Å². The van der Waals surface area contributed by atoms with Gasteiger partial charge in [-0.05, 0) is 13.3 Å². The zero-order valence-electron chi connectivity index (χ0n) is 15.4. The highest BCUT2D eigenvalue weighted by atomic mass is 16.7. The Balaban J connectivity index is 2.80. The fourth-order valence-corrected chi connectivity index (χ4v) is 2.79. The summed E-state index contributed by atoms with van der Waals surface area (Å²) in [5.74, 6) is -1.55. The number of nitrogens with two attached hydrogens (primary N) is 2. The maximum Gasteiger partial charge on any atom is 0.404 e. The van der Waals surface area contributed by atoms with E-state index in [-0.39, 0.29) is 19.6 Å². The molecular formula is C15H26N2O11. The van der Waals surface area contributed by atoms with Crippen LogP contribution in [0.15, 0.2) is 0 Å². The second-order valence-electron chi connectivity index (χ2n) is 6.91. The van der Waals surface area contributed by atoms with Gasteiger partial charge in [0.25, 0.3) is 0 Å². The van der Waals surface area contributed by atoms with Crippen molar-refractivity contribution < 1.29 is 53.8 Å². The molecule has 1 rings (SSSR count). The summed E-state index contributed by atoms with van der Waals surface area (Å²) >= 11 is 0. The molecule has 0 aliphatic carbocycles. The summed E-state index contributed by atoms with van der Waals surface area (Å²) in [5, 5.41) is 38.5. The number of aliphatic hydroxyl groups is 3. The molecule has 0 radical (unpaired) electrons. The molecule has 1 saturated heterocycles. The van der Waals surface area contributed by atoms with Crippen molar-refractivity contribution in [1.82, 2.24) is 0 Å². The summed E-state index contributed by atoms with van der Waals surface area (Å²) in [6.07, 6.45) is -11.5. The van der Waals surface area contributed by atoms with E-state index in [1.807, 2.05) is 0 Å². The Morgan fingerprint density at radius 1 is 1.04 bits per heavy atom. The second-order valence-corrected chi connectivity index (χ2v) is 6.91. The number of hydrogen-bond donors (Lipinski definition) is 6. The number of aliphatic hydroxyl groups excluding tert-OH is 3. The molecular weight excluding hydrogens is 384 g/mol. The number of hydrogen-bond acceptors (Lipinski definition) is 10. The minimum atomic E-state index is -1.85. The summed E-state index contributed by atoms with van der Waals surface area (Å²) in [5.41, 5.74) is 8.89. The van der Waals surface area contributed by atoms with E-state index in [0.29, 0.717) is 0 Å². The molecule has 0 spiro atoms. The lowest BCUT2D eigenvalue weighted by Gasteiger charge is -2.40. The number of amides is 2. The molecule has 0 bridgehead atoms. The largest absolute Gasteiger partial charge is 0.479 e. The summed E-state index contributed by atoms with van der Waals surface area (Å²) < 4.78 is 20.0. The maximum atomic E-state index is 11.1. The molecule has 1 heterocycles. The predicted octanol–water partition coefficient (Wildman–Crippen LogP) is -2.13. The van der Waals surface area contributed by atoms with Gasteiger partial charge in [-0.15, -0.1) is 0 Å². The Hall–Kier alpha value is -2.19. The van der Waals surface area contributed by atoms with E-state index in [0.717, 1.165) is 0 Å². The molecule has 8 N–H and O–H groups in total. The lowest BCUT2D eigenvalue weighted by atomic mass is 9.86. The van der Waals surface area contributed by atoms with Gasteiger partial charge in [0.1, 0.15) is 31.5 Å². The van der Waals surface area contributed by atoms with Crippen LogP contribution in [0.4, 0.5) is 9.59 Å². The van der Waals surface area contributed by atoms with Gasteiger partial charge in [-0.25, -0.2) is 14.4 Å². The number of aliphatic carboxylic acids is 1. The van der Waals surface area contributed by atoms with Crippen molar-refractivity contribution in [2.24, 2.45) is 16.9 Å². The first-order valence-corrected chi connectivity index (χ1v) is 8.28. The smallest absolute Gasteiger partial charge is 0.404 e. The third kappa shape index (κ3) is 6.76. The lowest BCUT2D eigenvalue weighted by molar-refractivity contribution is -0.304. The first-order chi connectivity index (χ1) is 12.9. The molecule has 0 aromatic heterocycles. The summed E-state index contributed by atoms with van der Waals surface area (Å²) in [7, 11) is 0. The van der Waals surface area contributed by atoms with E-state index < -0.39 is 60.4 Å². The van der Waals surface area contributed by atoms with Crippen LogP contribution in [0.1, 0.15) is 20.3 Å². The van der Waals surface area contributed by atoms with E-state index in [9.17, 15) is 29.7 Å². The van der Waals surface area contributed by atoms with E-state index in [1.54, 1.807) is 6.92 Å². The zero-order chi connectivity index (χ0) is 21.6. The summed E-state index contributed by atoms with van der Waals surface area (Å²) in [6, 6.07) is 0. The van der Waals surface area contributed by atoms with E-state index >= 15 is 0 Å². The number of primary amides is 2. The van der Waals surface area contributed by atoms with Gasteiger partial charge in [0.2, 0.25) is 0 Å².